The number of rotatable bonds is 3. The number of halogens is 1. The maximum Gasteiger partial charge on any atom is 0.0997 e. The summed E-state index contributed by atoms with van der Waals surface area (Å²) in [4.78, 5) is 4.32. The van der Waals surface area contributed by atoms with Crippen LogP contribution in [0.4, 0.5) is 0 Å². The van der Waals surface area contributed by atoms with E-state index in [0.717, 1.165) is 28.6 Å². The zero-order valence-electron chi connectivity index (χ0n) is 10.3. The highest BCUT2D eigenvalue weighted by Gasteiger charge is 2.09. The molecule has 2 rings (SSSR count). The predicted octanol–water partition coefficient (Wildman–Crippen LogP) is 2.86. The molecule has 0 aliphatic rings. The van der Waals surface area contributed by atoms with Crippen molar-refractivity contribution in [3.63, 3.8) is 0 Å². The zero-order valence-corrected chi connectivity index (χ0v) is 11.0. The molecule has 0 saturated carbocycles. The number of benzene rings is 1. The van der Waals surface area contributed by atoms with Gasteiger partial charge >= 0.3 is 0 Å². The second-order valence-electron chi connectivity index (χ2n) is 4.09. The molecule has 0 aliphatic heterocycles. The van der Waals surface area contributed by atoms with E-state index in [2.05, 4.69) is 21.8 Å². The number of hydrogen-bond donors (Lipinski definition) is 1. The van der Waals surface area contributed by atoms with E-state index in [0.29, 0.717) is 0 Å². The quantitative estimate of drug-likeness (QED) is 0.907. The fraction of sp³-hybridized carbons (Fsp3) is 0.308. The van der Waals surface area contributed by atoms with E-state index in [1.807, 2.05) is 38.5 Å². The normalized spacial score (nSPS) is 10.8. The van der Waals surface area contributed by atoms with Gasteiger partial charge in [0.25, 0.3) is 0 Å². The monoisotopic (exact) mass is 249 g/mol. The predicted molar refractivity (Wildman–Crippen MR) is 70.8 cm³/mol. The Labute approximate surface area is 106 Å². The topological polar surface area (TPSA) is 29.9 Å². The first-order chi connectivity index (χ1) is 8.13. The second kappa shape index (κ2) is 4.90. The highest BCUT2D eigenvalue weighted by atomic mass is 35.5. The van der Waals surface area contributed by atoms with Crippen molar-refractivity contribution in [1.82, 2.24) is 14.9 Å². The molecule has 0 unspecified atom stereocenters. The molecule has 1 aromatic heterocycles. The molecule has 0 amide bonds. The first kappa shape index (κ1) is 12.1. The van der Waals surface area contributed by atoms with E-state index in [9.17, 15) is 0 Å². The van der Waals surface area contributed by atoms with Crippen LogP contribution in [0, 0.1) is 13.8 Å². The molecule has 0 bridgehead atoms. The first-order valence-electron chi connectivity index (χ1n) is 5.57. The van der Waals surface area contributed by atoms with Crippen LogP contribution in [0.3, 0.4) is 0 Å². The minimum absolute atomic E-state index is 0.741. The minimum Gasteiger partial charge on any atom is -0.316 e. The molecule has 1 N–H and O–H groups in total. The molecule has 1 aromatic carbocycles. The van der Waals surface area contributed by atoms with Gasteiger partial charge in [-0.15, -0.1) is 0 Å². The number of aryl methyl sites for hydroxylation is 1. The van der Waals surface area contributed by atoms with Crippen molar-refractivity contribution < 1.29 is 0 Å². The largest absolute Gasteiger partial charge is 0.316 e. The second-order valence-corrected chi connectivity index (χ2v) is 4.53. The van der Waals surface area contributed by atoms with Crippen molar-refractivity contribution in [1.29, 1.82) is 0 Å². The van der Waals surface area contributed by atoms with E-state index in [1.165, 1.54) is 5.56 Å². The molecule has 3 nitrogen and oxygen atoms in total. The summed E-state index contributed by atoms with van der Waals surface area (Å²) < 4.78 is 2.08. The number of nitrogens with one attached hydrogen (secondary N) is 1. The summed E-state index contributed by atoms with van der Waals surface area (Å²) in [6.07, 6.45) is 1.84. The molecule has 0 radical (unpaired) electrons. The fourth-order valence-corrected chi connectivity index (χ4v) is 2.01. The van der Waals surface area contributed by atoms with Gasteiger partial charge in [-0.3, -0.25) is 0 Å². The number of aromatic nitrogens is 2. The van der Waals surface area contributed by atoms with Crippen LogP contribution in [-0.4, -0.2) is 16.6 Å². The Morgan fingerprint density at radius 1 is 1.35 bits per heavy atom. The van der Waals surface area contributed by atoms with Gasteiger partial charge in [0.1, 0.15) is 0 Å². The highest BCUT2D eigenvalue weighted by molar-refractivity contribution is 6.30. The average molecular weight is 250 g/mol. The van der Waals surface area contributed by atoms with Crippen molar-refractivity contribution >= 4 is 11.6 Å². The number of nitrogens with zero attached hydrogens (tertiary/aromatic N) is 2. The lowest BCUT2D eigenvalue weighted by Gasteiger charge is -2.12. The summed E-state index contributed by atoms with van der Waals surface area (Å²) in [6, 6.07) is 5.93. The standard InChI is InChI=1S/C13H16ClN3/c1-9-10(2)17(8-16-9)13-6-12(14)5-4-11(13)7-15-3/h4-6,8,15H,7H2,1-3H3. The SMILES string of the molecule is CNCc1ccc(Cl)cc1-n1cnc(C)c1C. The summed E-state index contributed by atoms with van der Waals surface area (Å²) in [7, 11) is 1.93. The van der Waals surface area contributed by atoms with Gasteiger partial charge in [-0.25, -0.2) is 4.98 Å². The van der Waals surface area contributed by atoms with Crippen molar-refractivity contribution in [2.45, 2.75) is 20.4 Å². The van der Waals surface area contributed by atoms with Gasteiger partial charge in [0.2, 0.25) is 0 Å². The molecule has 1 heterocycles. The third kappa shape index (κ3) is 2.35. The summed E-state index contributed by atoms with van der Waals surface area (Å²) in [6.45, 7) is 4.88. The summed E-state index contributed by atoms with van der Waals surface area (Å²) in [5.74, 6) is 0. The van der Waals surface area contributed by atoms with Crippen molar-refractivity contribution in [2.24, 2.45) is 0 Å². The molecule has 0 atom stereocenters. The fourth-order valence-electron chi connectivity index (χ4n) is 1.84. The molecule has 0 fully saturated rings. The first-order valence-corrected chi connectivity index (χ1v) is 5.95. The van der Waals surface area contributed by atoms with E-state index < -0.39 is 0 Å². The Hall–Kier alpha value is -1.32. The number of hydrogen-bond acceptors (Lipinski definition) is 2. The average Bonchev–Trinajstić information content (AvgIpc) is 2.63. The molecule has 0 aliphatic carbocycles. The van der Waals surface area contributed by atoms with Crippen LogP contribution >= 0.6 is 11.6 Å². The Morgan fingerprint density at radius 3 is 2.71 bits per heavy atom. The molecule has 4 heteroatoms. The van der Waals surface area contributed by atoms with Crippen molar-refractivity contribution in [3.8, 4) is 5.69 Å². The van der Waals surface area contributed by atoms with E-state index in [1.54, 1.807) is 0 Å². The van der Waals surface area contributed by atoms with Gasteiger partial charge in [-0.05, 0) is 38.6 Å². The Kier molecular flexibility index (Phi) is 3.50. The lowest BCUT2D eigenvalue weighted by Crippen LogP contribution is -2.09. The smallest absolute Gasteiger partial charge is 0.0997 e. The Balaban J connectivity index is 2.56. The van der Waals surface area contributed by atoms with E-state index in [-0.39, 0.29) is 0 Å². The van der Waals surface area contributed by atoms with Gasteiger partial charge in [0.15, 0.2) is 0 Å². The maximum atomic E-state index is 6.07. The summed E-state index contributed by atoms with van der Waals surface area (Å²) in [5.41, 5.74) is 4.48. The van der Waals surface area contributed by atoms with Crippen LogP contribution in [0.25, 0.3) is 5.69 Å². The van der Waals surface area contributed by atoms with E-state index in [4.69, 9.17) is 11.6 Å². The highest BCUT2D eigenvalue weighted by Crippen LogP contribution is 2.22. The summed E-state index contributed by atoms with van der Waals surface area (Å²) >= 11 is 6.07. The van der Waals surface area contributed by atoms with Gasteiger partial charge in [0.05, 0.1) is 17.7 Å². The van der Waals surface area contributed by atoms with Crippen molar-refractivity contribution in [2.75, 3.05) is 7.05 Å². The Morgan fingerprint density at radius 2 is 2.12 bits per heavy atom. The van der Waals surface area contributed by atoms with Crippen molar-refractivity contribution in [3.05, 3.63) is 46.5 Å². The molecular formula is C13H16ClN3. The lowest BCUT2D eigenvalue weighted by atomic mass is 10.1. The van der Waals surface area contributed by atoms with E-state index >= 15 is 0 Å². The molecule has 17 heavy (non-hydrogen) atoms. The van der Waals surface area contributed by atoms with Crippen LogP contribution in [0.1, 0.15) is 17.0 Å². The third-order valence-corrected chi connectivity index (χ3v) is 3.16. The van der Waals surface area contributed by atoms with Crippen LogP contribution in [0.5, 0.6) is 0 Å². The molecule has 2 aromatic rings. The van der Waals surface area contributed by atoms with Crippen LogP contribution in [0.15, 0.2) is 24.5 Å². The Bertz CT molecular complexity index is 531. The summed E-state index contributed by atoms with van der Waals surface area (Å²) in [5, 5.41) is 3.90. The van der Waals surface area contributed by atoms with Gasteiger partial charge in [0, 0.05) is 17.3 Å². The van der Waals surface area contributed by atoms with Crippen LogP contribution in [0.2, 0.25) is 5.02 Å². The molecule has 0 spiro atoms. The van der Waals surface area contributed by atoms with Gasteiger partial charge in [-0.2, -0.15) is 0 Å². The molecule has 0 saturated heterocycles. The molecular weight excluding hydrogens is 234 g/mol. The number of imidazole rings is 1. The van der Waals surface area contributed by atoms with Crippen LogP contribution in [-0.2, 0) is 6.54 Å². The maximum absolute atomic E-state index is 6.07. The molecule has 90 valence electrons. The minimum atomic E-state index is 0.741. The van der Waals surface area contributed by atoms with Gasteiger partial charge in [-0.1, -0.05) is 17.7 Å². The van der Waals surface area contributed by atoms with Crippen LogP contribution < -0.4 is 5.32 Å². The van der Waals surface area contributed by atoms with Gasteiger partial charge < -0.3 is 9.88 Å². The third-order valence-electron chi connectivity index (χ3n) is 2.93. The zero-order chi connectivity index (χ0) is 12.4. The lowest BCUT2D eigenvalue weighted by molar-refractivity contribution is 0.805.